The summed E-state index contributed by atoms with van der Waals surface area (Å²) in [4.78, 5) is 11.5. The molecule has 1 saturated carbocycles. The van der Waals surface area contributed by atoms with Crippen LogP contribution in [0.25, 0.3) is 0 Å². The zero-order chi connectivity index (χ0) is 13.9. The number of benzene rings is 1. The van der Waals surface area contributed by atoms with Crippen LogP contribution in [0, 0.1) is 11.2 Å². The highest BCUT2D eigenvalue weighted by molar-refractivity contribution is 9.09. The van der Waals surface area contributed by atoms with Crippen molar-refractivity contribution in [1.29, 1.82) is 0 Å². The first-order valence-electron chi connectivity index (χ1n) is 6.56. The van der Waals surface area contributed by atoms with Crippen molar-refractivity contribution in [2.24, 2.45) is 5.41 Å². The predicted octanol–water partition coefficient (Wildman–Crippen LogP) is 4.36. The average Bonchev–Trinajstić information content (AvgIpc) is 2.85. The zero-order valence-corrected chi connectivity index (χ0v) is 12.6. The summed E-state index contributed by atoms with van der Waals surface area (Å²) < 4.78 is 19.1. The van der Waals surface area contributed by atoms with Gasteiger partial charge in [0.15, 0.2) is 5.78 Å². The van der Waals surface area contributed by atoms with Gasteiger partial charge in [-0.2, -0.15) is 0 Å². The number of carbonyl (C=O) groups is 1. The normalized spacial score (nSPS) is 17.4. The van der Waals surface area contributed by atoms with E-state index in [-0.39, 0.29) is 17.0 Å². The summed E-state index contributed by atoms with van der Waals surface area (Å²) in [5, 5.41) is 0.880. The topological polar surface area (TPSA) is 26.3 Å². The minimum absolute atomic E-state index is 0.102. The van der Waals surface area contributed by atoms with Crippen LogP contribution in [0.15, 0.2) is 18.2 Å². The lowest BCUT2D eigenvalue weighted by Gasteiger charge is -2.26. The van der Waals surface area contributed by atoms with Crippen molar-refractivity contribution in [2.45, 2.75) is 32.6 Å². The largest absolute Gasteiger partial charge is 0.492 e. The molecule has 0 radical (unpaired) electrons. The van der Waals surface area contributed by atoms with Gasteiger partial charge >= 0.3 is 0 Å². The standard InChI is InChI=1S/C15H18BrFO2/c1-11(18)13-5-4-12(17)8-14(13)19-10-15(9-16)6-2-3-7-15/h4-5,8H,2-3,6-7,9-10H2,1H3. The van der Waals surface area contributed by atoms with Crippen LogP contribution in [-0.2, 0) is 0 Å². The Morgan fingerprint density at radius 3 is 2.68 bits per heavy atom. The number of hydrogen-bond donors (Lipinski definition) is 0. The fourth-order valence-electron chi connectivity index (χ4n) is 2.58. The molecule has 0 aliphatic heterocycles. The van der Waals surface area contributed by atoms with Gasteiger partial charge in [-0.25, -0.2) is 4.39 Å². The van der Waals surface area contributed by atoms with Crippen LogP contribution in [0.2, 0.25) is 0 Å². The van der Waals surface area contributed by atoms with Gasteiger partial charge in [-0.05, 0) is 31.9 Å². The number of carbonyl (C=O) groups excluding carboxylic acids is 1. The van der Waals surface area contributed by atoms with Crippen molar-refractivity contribution in [1.82, 2.24) is 0 Å². The fraction of sp³-hybridized carbons (Fsp3) is 0.533. The van der Waals surface area contributed by atoms with Crippen molar-refractivity contribution in [2.75, 3.05) is 11.9 Å². The van der Waals surface area contributed by atoms with Gasteiger partial charge in [0.05, 0.1) is 12.2 Å². The first-order chi connectivity index (χ1) is 9.06. The Morgan fingerprint density at radius 2 is 2.11 bits per heavy atom. The van der Waals surface area contributed by atoms with Crippen molar-refractivity contribution in [3.63, 3.8) is 0 Å². The lowest BCUT2D eigenvalue weighted by atomic mass is 9.90. The third-order valence-electron chi connectivity index (χ3n) is 3.80. The Bertz CT molecular complexity index is 467. The second-order valence-electron chi connectivity index (χ2n) is 5.33. The molecule has 0 heterocycles. The van der Waals surface area contributed by atoms with E-state index in [9.17, 15) is 9.18 Å². The van der Waals surface area contributed by atoms with E-state index in [1.54, 1.807) is 0 Å². The first kappa shape index (κ1) is 14.5. The molecule has 1 fully saturated rings. The fourth-order valence-corrected chi connectivity index (χ4v) is 3.30. The Morgan fingerprint density at radius 1 is 1.42 bits per heavy atom. The molecule has 1 aromatic rings. The molecule has 2 nitrogen and oxygen atoms in total. The molecule has 1 aromatic carbocycles. The molecule has 1 aliphatic carbocycles. The van der Waals surface area contributed by atoms with Crippen LogP contribution in [0.1, 0.15) is 43.0 Å². The van der Waals surface area contributed by atoms with Crippen LogP contribution < -0.4 is 4.74 Å². The smallest absolute Gasteiger partial charge is 0.163 e. The van der Waals surface area contributed by atoms with Gasteiger partial charge in [-0.3, -0.25) is 4.79 Å². The molecule has 0 amide bonds. The van der Waals surface area contributed by atoms with E-state index in [2.05, 4.69) is 15.9 Å². The monoisotopic (exact) mass is 328 g/mol. The average molecular weight is 329 g/mol. The van der Waals surface area contributed by atoms with Gasteiger partial charge < -0.3 is 4.74 Å². The summed E-state index contributed by atoms with van der Waals surface area (Å²) in [5.74, 6) is -0.117. The van der Waals surface area contributed by atoms with Crippen molar-refractivity contribution < 1.29 is 13.9 Å². The summed E-state index contributed by atoms with van der Waals surface area (Å²) in [6.07, 6.45) is 4.64. The van der Waals surface area contributed by atoms with Crippen LogP contribution >= 0.6 is 15.9 Å². The number of ketones is 1. The van der Waals surface area contributed by atoms with Gasteiger partial charge in [0.25, 0.3) is 0 Å². The summed E-state index contributed by atoms with van der Waals surface area (Å²) in [6, 6.07) is 4.08. The SMILES string of the molecule is CC(=O)c1ccc(F)cc1OCC1(CBr)CCCC1. The lowest BCUT2D eigenvalue weighted by molar-refractivity contribution is 0.100. The van der Waals surface area contributed by atoms with Gasteiger partial charge in [0.2, 0.25) is 0 Å². The maximum atomic E-state index is 13.3. The summed E-state index contributed by atoms with van der Waals surface area (Å²) in [6.45, 7) is 2.00. The maximum Gasteiger partial charge on any atom is 0.163 e. The molecule has 104 valence electrons. The minimum Gasteiger partial charge on any atom is -0.492 e. The molecule has 19 heavy (non-hydrogen) atoms. The van der Waals surface area contributed by atoms with Crippen LogP contribution in [0.5, 0.6) is 5.75 Å². The third kappa shape index (κ3) is 3.35. The van der Waals surface area contributed by atoms with Crippen molar-refractivity contribution in [3.05, 3.63) is 29.6 Å². The summed E-state index contributed by atoms with van der Waals surface area (Å²) in [5.41, 5.74) is 0.574. The van der Waals surface area contributed by atoms with Crippen LogP contribution in [0.4, 0.5) is 4.39 Å². The predicted molar refractivity (Wildman–Crippen MR) is 76.6 cm³/mol. The molecule has 0 atom stereocenters. The van der Waals surface area contributed by atoms with E-state index in [0.29, 0.717) is 17.9 Å². The number of halogens is 2. The van der Waals surface area contributed by atoms with Gasteiger partial charge in [0.1, 0.15) is 11.6 Å². The van der Waals surface area contributed by atoms with Gasteiger partial charge in [-0.1, -0.05) is 28.8 Å². The molecule has 0 unspecified atom stereocenters. The maximum absolute atomic E-state index is 13.3. The second kappa shape index (κ2) is 6.04. The van der Waals surface area contributed by atoms with E-state index in [1.807, 2.05) is 0 Å². The molecule has 0 N–H and O–H groups in total. The van der Waals surface area contributed by atoms with Crippen LogP contribution in [-0.4, -0.2) is 17.7 Å². The van der Waals surface area contributed by atoms with E-state index in [1.165, 1.54) is 38.0 Å². The van der Waals surface area contributed by atoms with E-state index in [0.717, 1.165) is 18.2 Å². The highest BCUT2D eigenvalue weighted by Gasteiger charge is 2.33. The number of alkyl halides is 1. The van der Waals surface area contributed by atoms with Crippen molar-refractivity contribution in [3.8, 4) is 5.75 Å². The van der Waals surface area contributed by atoms with Gasteiger partial charge in [-0.15, -0.1) is 0 Å². The quantitative estimate of drug-likeness (QED) is 0.592. The van der Waals surface area contributed by atoms with Crippen LogP contribution in [0.3, 0.4) is 0 Å². The lowest BCUT2D eigenvalue weighted by Crippen LogP contribution is -2.27. The summed E-state index contributed by atoms with van der Waals surface area (Å²) in [7, 11) is 0. The molecule has 1 aliphatic rings. The molecule has 4 heteroatoms. The first-order valence-corrected chi connectivity index (χ1v) is 7.68. The number of Topliss-reactive ketones (excluding diaryl/α,β-unsaturated/α-hetero) is 1. The highest BCUT2D eigenvalue weighted by Crippen LogP contribution is 2.40. The van der Waals surface area contributed by atoms with E-state index in [4.69, 9.17) is 4.74 Å². The molecular formula is C15H18BrFO2. The Hall–Kier alpha value is -0.900. The number of hydrogen-bond acceptors (Lipinski definition) is 2. The zero-order valence-electron chi connectivity index (χ0n) is 11.0. The highest BCUT2D eigenvalue weighted by atomic mass is 79.9. The molecule has 0 aromatic heterocycles. The number of rotatable bonds is 5. The molecular weight excluding hydrogens is 311 g/mol. The Labute approximate surface area is 121 Å². The number of ether oxygens (including phenoxy) is 1. The Kier molecular flexibility index (Phi) is 4.61. The van der Waals surface area contributed by atoms with Crippen molar-refractivity contribution >= 4 is 21.7 Å². The second-order valence-corrected chi connectivity index (χ2v) is 5.89. The van der Waals surface area contributed by atoms with Gasteiger partial charge in [0, 0.05) is 16.8 Å². The molecule has 0 bridgehead atoms. The molecule has 0 spiro atoms. The summed E-state index contributed by atoms with van der Waals surface area (Å²) >= 11 is 3.55. The Balaban J connectivity index is 2.14. The molecule has 2 rings (SSSR count). The minimum atomic E-state index is -0.376. The third-order valence-corrected chi connectivity index (χ3v) is 4.99. The van der Waals surface area contributed by atoms with E-state index >= 15 is 0 Å². The molecule has 0 saturated heterocycles. The van der Waals surface area contributed by atoms with E-state index < -0.39 is 0 Å².